The van der Waals surface area contributed by atoms with E-state index in [-0.39, 0.29) is 23.7 Å². The van der Waals surface area contributed by atoms with Gasteiger partial charge in [0.15, 0.2) is 5.78 Å². The summed E-state index contributed by atoms with van der Waals surface area (Å²) in [6.45, 7) is 0. The number of nitrogens with one attached hydrogen (secondary N) is 1. The number of ketones is 1. The summed E-state index contributed by atoms with van der Waals surface area (Å²) >= 11 is 7.99. The number of amides is 1. The summed E-state index contributed by atoms with van der Waals surface area (Å²) in [7, 11) is 0. The molecule has 0 aliphatic carbocycles. The lowest BCUT2D eigenvalue weighted by Gasteiger charge is -2.36. The number of para-hydroxylation sites is 1. The van der Waals surface area contributed by atoms with Crippen molar-refractivity contribution in [3.63, 3.8) is 0 Å². The molecule has 5 nitrogen and oxygen atoms in total. The largest absolute Gasteiger partial charge is 0.324 e. The molecule has 1 amide bonds. The Morgan fingerprint density at radius 2 is 1.94 bits per heavy atom. The summed E-state index contributed by atoms with van der Waals surface area (Å²) in [4.78, 5) is 34.4. The van der Waals surface area contributed by atoms with Crippen molar-refractivity contribution in [2.24, 2.45) is 5.92 Å². The molecule has 0 radical (unpaired) electrons. The Kier molecular flexibility index (Phi) is 4.64. The number of hydrogen-bond donors (Lipinski definition) is 1. The first-order valence-electron chi connectivity index (χ1n) is 10.6. The second-order valence-corrected chi connectivity index (χ2v) is 9.90. The highest BCUT2D eigenvalue weighted by Gasteiger charge is 2.69. The van der Waals surface area contributed by atoms with Gasteiger partial charge in [0.1, 0.15) is 5.54 Å². The third-order valence-corrected chi connectivity index (χ3v) is 8.30. The molecule has 0 bridgehead atoms. The van der Waals surface area contributed by atoms with Gasteiger partial charge in [-0.05, 0) is 35.9 Å². The molecular formula is C25H20ClN3O2S. The summed E-state index contributed by atoms with van der Waals surface area (Å²) in [6, 6.07) is 19.1. The quantitative estimate of drug-likeness (QED) is 0.579. The van der Waals surface area contributed by atoms with E-state index >= 15 is 0 Å². The number of carbonyl (C=O) groups is 2. The number of rotatable bonds is 3. The number of carbonyl (C=O) groups excluding carboxylic acids is 2. The molecule has 2 fully saturated rings. The molecule has 1 aromatic heterocycles. The van der Waals surface area contributed by atoms with Gasteiger partial charge in [0.05, 0.1) is 5.92 Å². The maximum atomic E-state index is 14.2. The number of thioether (sulfide) groups is 1. The molecule has 3 aliphatic rings. The van der Waals surface area contributed by atoms with Crippen LogP contribution >= 0.6 is 23.4 Å². The number of pyridine rings is 1. The van der Waals surface area contributed by atoms with Gasteiger partial charge in [-0.2, -0.15) is 0 Å². The van der Waals surface area contributed by atoms with E-state index in [1.54, 1.807) is 24.5 Å². The van der Waals surface area contributed by atoms with Gasteiger partial charge >= 0.3 is 0 Å². The van der Waals surface area contributed by atoms with Crippen molar-refractivity contribution in [1.82, 2.24) is 9.88 Å². The van der Waals surface area contributed by atoms with E-state index in [2.05, 4.69) is 15.2 Å². The van der Waals surface area contributed by atoms with Crippen molar-refractivity contribution in [2.45, 2.75) is 17.5 Å². The lowest BCUT2D eigenvalue weighted by atomic mass is 9.69. The molecule has 3 aliphatic heterocycles. The van der Waals surface area contributed by atoms with E-state index in [4.69, 9.17) is 11.6 Å². The van der Waals surface area contributed by atoms with Crippen molar-refractivity contribution in [3.8, 4) is 0 Å². The molecule has 2 aromatic carbocycles. The first-order chi connectivity index (χ1) is 15.6. The number of aromatic nitrogens is 1. The second-order valence-electron chi connectivity index (χ2n) is 8.46. The summed E-state index contributed by atoms with van der Waals surface area (Å²) < 4.78 is 0. The third-order valence-electron chi connectivity index (χ3n) is 7.01. The molecule has 2 saturated heterocycles. The number of nitrogens with zero attached hydrogens (tertiary/aromatic N) is 2. The number of hydrogen-bond acceptors (Lipinski definition) is 5. The lowest BCUT2D eigenvalue weighted by molar-refractivity contribution is -0.127. The minimum absolute atomic E-state index is 0.0516. The van der Waals surface area contributed by atoms with Crippen LogP contribution in [0.5, 0.6) is 0 Å². The van der Waals surface area contributed by atoms with Crippen LogP contribution < -0.4 is 5.32 Å². The number of halogens is 1. The van der Waals surface area contributed by atoms with Crippen LogP contribution in [-0.4, -0.2) is 39.2 Å². The summed E-state index contributed by atoms with van der Waals surface area (Å²) in [5.74, 6) is 0.665. The zero-order valence-electron chi connectivity index (χ0n) is 17.1. The Labute approximate surface area is 195 Å². The Hall–Kier alpha value is -2.67. The van der Waals surface area contributed by atoms with Crippen molar-refractivity contribution in [1.29, 1.82) is 0 Å². The van der Waals surface area contributed by atoms with Crippen LogP contribution in [0.4, 0.5) is 5.69 Å². The van der Waals surface area contributed by atoms with E-state index in [0.717, 1.165) is 22.6 Å². The predicted molar refractivity (Wildman–Crippen MR) is 126 cm³/mol. The average molecular weight is 462 g/mol. The Morgan fingerprint density at radius 3 is 2.72 bits per heavy atom. The van der Waals surface area contributed by atoms with E-state index < -0.39 is 11.5 Å². The minimum Gasteiger partial charge on any atom is -0.324 e. The normalized spacial score (nSPS) is 28.5. The Balaban J connectivity index is 1.62. The summed E-state index contributed by atoms with van der Waals surface area (Å²) in [5, 5.41) is 3.73. The number of benzene rings is 2. The zero-order valence-corrected chi connectivity index (χ0v) is 18.6. The van der Waals surface area contributed by atoms with Crippen molar-refractivity contribution in [3.05, 3.63) is 94.8 Å². The molecule has 3 aromatic rings. The molecule has 4 heterocycles. The van der Waals surface area contributed by atoms with Gasteiger partial charge in [0.2, 0.25) is 5.91 Å². The van der Waals surface area contributed by atoms with Crippen molar-refractivity contribution < 1.29 is 9.59 Å². The average Bonchev–Trinajstić information content (AvgIpc) is 3.48. The molecule has 6 rings (SSSR count). The Morgan fingerprint density at radius 1 is 1.12 bits per heavy atom. The molecule has 160 valence electrons. The topological polar surface area (TPSA) is 62.3 Å². The van der Waals surface area contributed by atoms with Crippen molar-refractivity contribution >= 4 is 40.7 Å². The van der Waals surface area contributed by atoms with Crippen LogP contribution in [0.3, 0.4) is 0 Å². The molecule has 1 spiro atoms. The maximum Gasteiger partial charge on any atom is 0.250 e. The standard InChI is InChI=1S/C25H20ClN3O2S/c26-17-9-7-15(8-10-17)21-20-13-32-14-29(20)25(18-5-1-2-6-19(18)28-24(25)31)22(21)23(30)16-4-3-11-27-12-16/h1-12,20-22H,13-14H2,(H,28,31)/t20-,21-,22+,25-/m1/s1. The zero-order chi connectivity index (χ0) is 21.9. The molecule has 32 heavy (non-hydrogen) atoms. The highest BCUT2D eigenvalue weighted by molar-refractivity contribution is 7.99. The summed E-state index contributed by atoms with van der Waals surface area (Å²) in [5.41, 5.74) is 2.18. The Bertz CT molecular complexity index is 1220. The first kappa shape index (κ1) is 20.0. The lowest BCUT2D eigenvalue weighted by Crippen LogP contribution is -2.52. The van der Waals surface area contributed by atoms with Crippen LogP contribution in [0.15, 0.2) is 73.1 Å². The second kappa shape index (κ2) is 7.44. The summed E-state index contributed by atoms with van der Waals surface area (Å²) in [6.07, 6.45) is 3.26. The molecule has 0 saturated carbocycles. The SMILES string of the molecule is O=C(c1cccnc1)[C@@H]1[C@H](c2ccc(Cl)cc2)[C@H]2CSCN2[C@@]12C(=O)Nc1ccccc12. The van der Waals surface area contributed by atoms with E-state index in [1.165, 1.54) is 0 Å². The smallest absolute Gasteiger partial charge is 0.250 e. The molecule has 4 atom stereocenters. The van der Waals surface area contributed by atoms with Crippen LogP contribution in [0.25, 0.3) is 0 Å². The highest BCUT2D eigenvalue weighted by Crippen LogP contribution is 2.61. The number of Topliss-reactive ketones (excluding diaryl/α,β-unsaturated/α-hetero) is 1. The minimum atomic E-state index is -1.05. The monoisotopic (exact) mass is 461 g/mol. The van der Waals surface area contributed by atoms with Gasteiger partial charge < -0.3 is 5.32 Å². The molecule has 0 unspecified atom stereocenters. The van der Waals surface area contributed by atoms with Gasteiger partial charge in [0, 0.05) is 57.8 Å². The number of fused-ring (bicyclic) bond motifs is 4. The van der Waals surface area contributed by atoms with Crippen LogP contribution in [0, 0.1) is 5.92 Å². The van der Waals surface area contributed by atoms with Gasteiger partial charge in [-0.1, -0.05) is 41.9 Å². The highest BCUT2D eigenvalue weighted by atomic mass is 35.5. The van der Waals surface area contributed by atoms with Gasteiger partial charge in [0.25, 0.3) is 0 Å². The predicted octanol–water partition coefficient (Wildman–Crippen LogP) is 4.55. The van der Waals surface area contributed by atoms with Gasteiger partial charge in [-0.3, -0.25) is 19.5 Å². The fraction of sp³-hybridized carbons (Fsp3) is 0.240. The molecular weight excluding hydrogens is 442 g/mol. The molecule has 7 heteroatoms. The van der Waals surface area contributed by atoms with E-state index in [9.17, 15) is 9.59 Å². The maximum absolute atomic E-state index is 14.2. The van der Waals surface area contributed by atoms with Crippen LogP contribution in [0.1, 0.15) is 27.4 Å². The van der Waals surface area contributed by atoms with E-state index in [1.807, 2.05) is 60.3 Å². The van der Waals surface area contributed by atoms with Gasteiger partial charge in [-0.25, -0.2) is 0 Å². The fourth-order valence-corrected chi connectivity index (χ4v) is 7.23. The van der Waals surface area contributed by atoms with Crippen molar-refractivity contribution in [2.75, 3.05) is 16.9 Å². The molecule has 1 N–H and O–H groups in total. The van der Waals surface area contributed by atoms with Crippen LogP contribution in [-0.2, 0) is 10.3 Å². The third kappa shape index (κ3) is 2.66. The fourth-order valence-electron chi connectivity index (χ4n) is 5.78. The number of anilines is 1. The van der Waals surface area contributed by atoms with Gasteiger partial charge in [-0.15, -0.1) is 11.8 Å². The first-order valence-corrected chi connectivity index (χ1v) is 12.1. The van der Waals surface area contributed by atoms with E-state index in [0.29, 0.717) is 16.5 Å². The van der Waals surface area contributed by atoms with Crippen LogP contribution in [0.2, 0.25) is 5.02 Å².